The fourth-order valence-electron chi connectivity index (χ4n) is 2.44. The molecule has 1 aliphatic rings. The van der Waals surface area contributed by atoms with Gasteiger partial charge in [0.25, 0.3) is 0 Å². The van der Waals surface area contributed by atoms with Crippen molar-refractivity contribution in [2.45, 2.75) is 26.2 Å². The molecule has 2 unspecified atom stereocenters. The second-order valence-electron chi connectivity index (χ2n) is 4.75. The normalized spacial score (nSPS) is 26.5. The lowest BCUT2D eigenvalue weighted by Crippen LogP contribution is -2.35. The Morgan fingerprint density at radius 2 is 2.07 bits per heavy atom. The second-order valence-corrected chi connectivity index (χ2v) is 4.75. The fraction of sp³-hybridized carbons (Fsp3) is 0.571. The predicted molar refractivity (Wildman–Crippen MR) is 64.9 cm³/mol. The third-order valence-electron chi connectivity index (χ3n) is 3.63. The highest BCUT2D eigenvalue weighted by Gasteiger charge is 2.20. The number of hydrogen-bond donors (Lipinski definition) is 1. The van der Waals surface area contributed by atoms with Crippen LogP contribution in [0.1, 0.15) is 25.3 Å². The van der Waals surface area contributed by atoms with Gasteiger partial charge in [0.15, 0.2) is 0 Å². The molecule has 0 aliphatic carbocycles. The van der Waals surface area contributed by atoms with Gasteiger partial charge in [-0.3, -0.25) is 0 Å². The van der Waals surface area contributed by atoms with Crippen LogP contribution in [-0.2, 0) is 6.42 Å². The molecule has 15 heavy (non-hydrogen) atoms. The fourth-order valence-corrected chi connectivity index (χ4v) is 2.44. The van der Waals surface area contributed by atoms with Crippen molar-refractivity contribution in [2.24, 2.45) is 11.8 Å². The molecule has 1 N–H and O–H groups in total. The SMILES string of the molecule is CC1CCNCC1CCc1ccccc1. The van der Waals surface area contributed by atoms with Gasteiger partial charge in [-0.25, -0.2) is 0 Å². The quantitative estimate of drug-likeness (QED) is 0.796. The first-order chi connectivity index (χ1) is 7.36. The lowest BCUT2D eigenvalue weighted by molar-refractivity contribution is 0.260. The van der Waals surface area contributed by atoms with Gasteiger partial charge in [0.2, 0.25) is 0 Å². The minimum atomic E-state index is 0.874. The maximum Gasteiger partial charge on any atom is -0.00178 e. The van der Waals surface area contributed by atoms with Crippen LogP contribution in [0.2, 0.25) is 0 Å². The van der Waals surface area contributed by atoms with Gasteiger partial charge >= 0.3 is 0 Å². The zero-order valence-corrected chi connectivity index (χ0v) is 9.58. The minimum absolute atomic E-state index is 0.874. The largest absolute Gasteiger partial charge is 0.316 e. The first kappa shape index (κ1) is 10.7. The summed E-state index contributed by atoms with van der Waals surface area (Å²) >= 11 is 0. The summed E-state index contributed by atoms with van der Waals surface area (Å²) in [7, 11) is 0. The molecule has 0 amide bonds. The van der Waals surface area contributed by atoms with Crippen molar-refractivity contribution in [1.29, 1.82) is 0 Å². The van der Waals surface area contributed by atoms with Crippen molar-refractivity contribution < 1.29 is 0 Å². The van der Waals surface area contributed by atoms with E-state index >= 15 is 0 Å². The Kier molecular flexibility index (Phi) is 3.79. The van der Waals surface area contributed by atoms with Gasteiger partial charge in [-0.2, -0.15) is 0 Å². The van der Waals surface area contributed by atoms with E-state index in [1.807, 2.05) is 0 Å². The van der Waals surface area contributed by atoms with E-state index in [1.54, 1.807) is 0 Å². The van der Waals surface area contributed by atoms with E-state index in [0.717, 1.165) is 11.8 Å². The lowest BCUT2D eigenvalue weighted by atomic mass is 9.84. The highest BCUT2D eigenvalue weighted by atomic mass is 14.9. The van der Waals surface area contributed by atoms with Crippen molar-refractivity contribution in [1.82, 2.24) is 5.32 Å². The molecule has 1 heterocycles. The van der Waals surface area contributed by atoms with Crippen LogP contribution in [0.3, 0.4) is 0 Å². The summed E-state index contributed by atoms with van der Waals surface area (Å²) in [6.07, 6.45) is 3.91. The van der Waals surface area contributed by atoms with Crippen molar-refractivity contribution in [3.63, 3.8) is 0 Å². The summed E-state index contributed by atoms with van der Waals surface area (Å²) in [6, 6.07) is 10.8. The van der Waals surface area contributed by atoms with E-state index < -0.39 is 0 Å². The van der Waals surface area contributed by atoms with Crippen molar-refractivity contribution >= 4 is 0 Å². The van der Waals surface area contributed by atoms with E-state index in [1.165, 1.54) is 37.9 Å². The molecular weight excluding hydrogens is 182 g/mol. The van der Waals surface area contributed by atoms with Gasteiger partial charge in [-0.1, -0.05) is 37.3 Å². The third-order valence-corrected chi connectivity index (χ3v) is 3.63. The molecule has 1 fully saturated rings. The Morgan fingerprint density at radius 3 is 2.80 bits per heavy atom. The van der Waals surface area contributed by atoms with E-state index in [9.17, 15) is 0 Å². The number of nitrogens with one attached hydrogen (secondary N) is 1. The number of rotatable bonds is 3. The van der Waals surface area contributed by atoms with E-state index in [2.05, 4.69) is 42.6 Å². The van der Waals surface area contributed by atoms with Crippen LogP contribution in [0.25, 0.3) is 0 Å². The number of hydrogen-bond acceptors (Lipinski definition) is 1. The highest BCUT2D eigenvalue weighted by Crippen LogP contribution is 2.23. The summed E-state index contributed by atoms with van der Waals surface area (Å²) in [5.74, 6) is 1.77. The lowest BCUT2D eigenvalue weighted by Gasteiger charge is -2.29. The molecule has 0 aromatic heterocycles. The monoisotopic (exact) mass is 203 g/mol. The smallest absolute Gasteiger partial charge is 0.00178 e. The van der Waals surface area contributed by atoms with Crippen molar-refractivity contribution in [3.8, 4) is 0 Å². The van der Waals surface area contributed by atoms with Crippen LogP contribution >= 0.6 is 0 Å². The van der Waals surface area contributed by atoms with Gasteiger partial charge in [0, 0.05) is 0 Å². The summed E-state index contributed by atoms with van der Waals surface area (Å²) in [5.41, 5.74) is 1.48. The molecule has 1 aromatic carbocycles. The maximum absolute atomic E-state index is 3.50. The Bertz CT molecular complexity index is 281. The average Bonchev–Trinajstić information content (AvgIpc) is 2.29. The Morgan fingerprint density at radius 1 is 1.27 bits per heavy atom. The molecule has 1 heteroatoms. The van der Waals surface area contributed by atoms with Gasteiger partial charge in [-0.05, 0) is 49.8 Å². The van der Waals surface area contributed by atoms with Gasteiger partial charge in [-0.15, -0.1) is 0 Å². The number of piperidine rings is 1. The minimum Gasteiger partial charge on any atom is -0.316 e. The van der Waals surface area contributed by atoms with Gasteiger partial charge in [0.05, 0.1) is 0 Å². The molecule has 0 radical (unpaired) electrons. The van der Waals surface area contributed by atoms with Crippen LogP contribution in [-0.4, -0.2) is 13.1 Å². The molecule has 0 bridgehead atoms. The molecule has 1 aliphatic heterocycles. The third kappa shape index (κ3) is 3.07. The summed E-state index contributed by atoms with van der Waals surface area (Å²) < 4.78 is 0. The van der Waals surface area contributed by atoms with Gasteiger partial charge in [0.1, 0.15) is 0 Å². The summed E-state index contributed by atoms with van der Waals surface area (Å²) in [6.45, 7) is 4.83. The maximum atomic E-state index is 3.50. The predicted octanol–water partition coefficient (Wildman–Crippen LogP) is 2.86. The zero-order chi connectivity index (χ0) is 10.5. The van der Waals surface area contributed by atoms with Crippen LogP contribution in [0, 0.1) is 11.8 Å². The summed E-state index contributed by atoms with van der Waals surface area (Å²) in [5, 5.41) is 3.50. The average molecular weight is 203 g/mol. The Balaban J connectivity index is 1.82. The zero-order valence-electron chi connectivity index (χ0n) is 9.58. The van der Waals surface area contributed by atoms with Crippen molar-refractivity contribution in [3.05, 3.63) is 35.9 Å². The molecule has 1 aromatic rings. The molecular formula is C14H21N. The molecule has 82 valence electrons. The molecule has 1 saturated heterocycles. The second kappa shape index (κ2) is 5.32. The molecule has 0 saturated carbocycles. The van der Waals surface area contributed by atoms with Crippen LogP contribution in [0.15, 0.2) is 30.3 Å². The van der Waals surface area contributed by atoms with Crippen LogP contribution in [0.5, 0.6) is 0 Å². The summed E-state index contributed by atoms with van der Waals surface area (Å²) in [4.78, 5) is 0. The van der Waals surface area contributed by atoms with Crippen LogP contribution < -0.4 is 5.32 Å². The highest BCUT2D eigenvalue weighted by molar-refractivity contribution is 5.14. The van der Waals surface area contributed by atoms with E-state index in [4.69, 9.17) is 0 Å². The number of aryl methyl sites for hydroxylation is 1. The van der Waals surface area contributed by atoms with E-state index in [0.29, 0.717) is 0 Å². The molecule has 2 atom stereocenters. The Labute approximate surface area is 92.9 Å². The topological polar surface area (TPSA) is 12.0 Å². The van der Waals surface area contributed by atoms with Crippen molar-refractivity contribution in [2.75, 3.05) is 13.1 Å². The van der Waals surface area contributed by atoms with Gasteiger partial charge < -0.3 is 5.32 Å². The first-order valence-electron chi connectivity index (χ1n) is 6.11. The number of benzene rings is 1. The van der Waals surface area contributed by atoms with Crippen LogP contribution in [0.4, 0.5) is 0 Å². The molecule has 1 nitrogen and oxygen atoms in total. The molecule has 0 spiro atoms. The standard InChI is InChI=1S/C14H21N/c1-12-9-10-15-11-14(12)8-7-13-5-3-2-4-6-13/h2-6,12,14-15H,7-11H2,1H3. The molecule has 2 rings (SSSR count). The first-order valence-corrected chi connectivity index (χ1v) is 6.11. The van der Waals surface area contributed by atoms with E-state index in [-0.39, 0.29) is 0 Å². The Hall–Kier alpha value is -0.820.